The van der Waals surface area contributed by atoms with Gasteiger partial charge in [0.05, 0.1) is 18.7 Å². The molecule has 0 spiro atoms. The first-order valence-corrected chi connectivity index (χ1v) is 10.4. The minimum Gasteiger partial charge on any atom is -0.473 e. The van der Waals surface area contributed by atoms with Crippen molar-refractivity contribution in [1.29, 1.82) is 0 Å². The van der Waals surface area contributed by atoms with E-state index in [-0.39, 0.29) is 11.9 Å². The molecule has 0 fully saturated rings. The maximum atomic E-state index is 12.3. The normalized spacial score (nSPS) is 12.4. The molecule has 0 atom stereocenters. The third kappa shape index (κ3) is 7.47. The van der Waals surface area contributed by atoms with Crippen molar-refractivity contribution in [3.05, 3.63) is 16.0 Å². The number of hydrogen-bond donors (Lipinski definition) is 3. The van der Waals surface area contributed by atoms with Crippen LogP contribution in [0.2, 0.25) is 0 Å². The molecule has 9 nitrogen and oxygen atoms in total. The number of anilines is 1. The molecule has 1 aliphatic rings. The summed E-state index contributed by atoms with van der Waals surface area (Å²) in [7, 11) is 0. The van der Waals surface area contributed by atoms with Crippen molar-refractivity contribution < 1.29 is 34.1 Å². The molecular weight excluding hydrogens is 400 g/mol. The number of carbonyl (C=O) groups is 4. The molecule has 0 saturated carbocycles. The quantitative estimate of drug-likeness (QED) is 0.445. The third-order valence-electron chi connectivity index (χ3n) is 4.35. The molecule has 29 heavy (non-hydrogen) atoms. The summed E-state index contributed by atoms with van der Waals surface area (Å²) in [6.45, 7) is 8.21. The number of esters is 1. The van der Waals surface area contributed by atoms with E-state index in [4.69, 9.17) is 24.5 Å². The van der Waals surface area contributed by atoms with Crippen LogP contribution in [0.3, 0.4) is 0 Å². The topological polar surface area (TPSA) is 133 Å². The third-order valence-corrected chi connectivity index (χ3v) is 5.56. The first-order valence-electron chi connectivity index (χ1n) is 9.55. The van der Waals surface area contributed by atoms with Crippen LogP contribution in [0, 0.1) is 0 Å². The fourth-order valence-electron chi connectivity index (χ4n) is 2.89. The average Bonchev–Trinajstić information content (AvgIpc) is 3.04. The fraction of sp³-hybridized carbons (Fsp3) is 0.579. The minimum absolute atomic E-state index is 0.0714. The molecule has 0 aromatic carbocycles. The van der Waals surface area contributed by atoms with Crippen molar-refractivity contribution in [3.8, 4) is 0 Å². The van der Waals surface area contributed by atoms with Crippen LogP contribution in [0.15, 0.2) is 0 Å². The molecule has 0 bridgehead atoms. The summed E-state index contributed by atoms with van der Waals surface area (Å²) in [6, 6.07) is 0. The van der Waals surface area contributed by atoms with Gasteiger partial charge >= 0.3 is 17.9 Å². The Morgan fingerprint density at radius 2 is 1.62 bits per heavy atom. The second kappa shape index (κ2) is 12.2. The van der Waals surface area contributed by atoms with E-state index in [2.05, 4.69) is 5.32 Å². The van der Waals surface area contributed by atoms with Crippen molar-refractivity contribution in [3.63, 3.8) is 0 Å². The second-order valence-electron chi connectivity index (χ2n) is 6.26. The van der Waals surface area contributed by atoms with Crippen LogP contribution < -0.4 is 5.32 Å². The molecule has 162 valence electrons. The van der Waals surface area contributed by atoms with E-state index in [0.29, 0.717) is 23.7 Å². The number of fused-ring (bicyclic) bond motifs is 1. The smallest absolute Gasteiger partial charge is 0.414 e. The lowest BCUT2D eigenvalue weighted by Gasteiger charge is -2.17. The Morgan fingerprint density at radius 1 is 1.03 bits per heavy atom. The Morgan fingerprint density at radius 3 is 2.14 bits per heavy atom. The van der Waals surface area contributed by atoms with Gasteiger partial charge in [-0.25, -0.2) is 14.4 Å². The summed E-state index contributed by atoms with van der Waals surface area (Å²) in [5, 5.41) is 18.4. The molecule has 1 heterocycles. The van der Waals surface area contributed by atoms with Gasteiger partial charge in [-0.15, -0.1) is 11.3 Å². The highest BCUT2D eigenvalue weighted by atomic mass is 32.1. The van der Waals surface area contributed by atoms with Gasteiger partial charge in [-0.3, -0.25) is 9.69 Å². The lowest BCUT2D eigenvalue weighted by molar-refractivity contribution is -0.159. The minimum atomic E-state index is -1.82. The zero-order valence-corrected chi connectivity index (χ0v) is 17.8. The lowest BCUT2D eigenvalue weighted by Crippen LogP contribution is -2.33. The van der Waals surface area contributed by atoms with E-state index in [1.54, 1.807) is 6.92 Å². The van der Waals surface area contributed by atoms with Gasteiger partial charge in [0.15, 0.2) is 0 Å². The number of carboxylic acid groups (broad SMARTS) is 2. The number of likely N-dealkylation sites (N-methyl/N-ethyl adjacent to an activating group) is 1. The summed E-state index contributed by atoms with van der Waals surface area (Å²) in [6.07, 6.45) is 4.11. The molecule has 10 heteroatoms. The summed E-state index contributed by atoms with van der Waals surface area (Å²) >= 11 is 1.54. The lowest BCUT2D eigenvalue weighted by atomic mass is 9.95. The molecule has 1 aromatic heterocycles. The Hall–Kier alpha value is -2.46. The Balaban J connectivity index is 0.000000612. The predicted molar refractivity (Wildman–Crippen MR) is 109 cm³/mol. The molecule has 1 amide bonds. The Bertz CT molecular complexity index is 729. The van der Waals surface area contributed by atoms with Crippen LogP contribution in [0.25, 0.3) is 0 Å². The van der Waals surface area contributed by atoms with Crippen molar-refractivity contribution in [2.24, 2.45) is 0 Å². The highest BCUT2D eigenvalue weighted by Crippen LogP contribution is 2.38. The summed E-state index contributed by atoms with van der Waals surface area (Å²) in [5.74, 6) is -4.03. The van der Waals surface area contributed by atoms with Gasteiger partial charge in [0.1, 0.15) is 5.00 Å². The van der Waals surface area contributed by atoms with Crippen molar-refractivity contribution in [1.82, 2.24) is 4.90 Å². The van der Waals surface area contributed by atoms with E-state index in [0.717, 1.165) is 44.3 Å². The van der Waals surface area contributed by atoms with Gasteiger partial charge in [0, 0.05) is 4.88 Å². The highest BCUT2D eigenvalue weighted by molar-refractivity contribution is 7.17. The van der Waals surface area contributed by atoms with E-state index in [9.17, 15) is 9.59 Å². The van der Waals surface area contributed by atoms with Gasteiger partial charge < -0.3 is 20.3 Å². The van der Waals surface area contributed by atoms with Gasteiger partial charge in [-0.2, -0.15) is 0 Å². The summed E-state index contributed by atoms with van der Waals surface area (Å²) in [5.41, 5.74) is 1.66. The fourth-order valence-corrected chi connectivity index (χ4v) is 4.18. The highest BCUT2D eigenvalue weighted by Gasteiger charge is 2.27. The molecular formula is C19H28N2O7S. The van der Waals surface area contributed by atoms with Gasteiger partial charge in [0.25, 0.3) is 0 Å². The molecule has 0 radical (unpaired) electrons. The molecule has 2 rings (SSSR count). The van der Waals surface area contributed by atoms with E-state index in [1.165, 1.54) is 16.2 Å². The summed E-state index contributed by atoms with van der Waals surface area (Å²) < 4.78 is 5.20. The Kier molecular flexibility index (Phi) is 10.3. The van der Waals surface area contributed by atoms with Gasteiger partial charge in [0.2, 0.25) is 5.91 Å². The maximum absolute atomic E-state index is 12.3. The van der Waals surface area contributed by atoms with Crippen molar-refractivity contribution in [2.75, 3.05) is 31.6 Å². The number of hydrogen-bond acceptors (Lipinski definition) is 7. The largest absolute Gasteiger partial charge is 0.473 e. The Labute approximate surface area is 173 Å². The average molecular weight is 429 g/mol. The van der Waals surface area contributed by atoms with Crippen LogP contribution in [0.1, 0.15) is 54.4 Å². The van der Waals surface area contributed by atoms with Crippen LogP contribution in [0.4, 0.5) is 5.00 Å². The zero-order chi connectivity index (χ0) is 22.0. The molecule has 0 unspecified atom stereocenters. The number of aryl methyl sites for hydroxylation is 1. The number of carboxylic acids is 2. The van der Waals surface area contributed by atoms with E-state index < -0.39 is 11.9 Å². The van der Waals surface area contributed by atoms with Gasteiger partial charge in [-0.1, -0.05) is 13.8 Å². The predicted octanol–water partition coefficient (Wildman–Crippen LogP) is 2.24. The molecule has 0 aliphatic heterocycles. The number of thiophene rings is 1. The van der Waals surface area contributed by atoms with Crippen LogP contribution in [-0.4, -0.2) is 65.2 Å². The maximum Gasteiger partial charge on any atom is 0.414 e. The number of nitrogens with zero attached hydrogens (tertiary/aromatic N) is 1. The second-order valence-corrected chi connectivity index (χ2v) is 7.36. The molecule has 1 aliphatic carbocycles. The summed E-state index contributed by atoms with van der Waals surface area (Å²) in [4.78, 5) is 46.1. The molecule has 3 N–H and O–H groups in total. The SMILES string of the molecule is CCOC(=O)c1c(NC(=O)CN(CC)CC)sc2c1CCCC2.O=C(O)C(=O)O. The number of aliphatic carboxylic acids is 2. The first-order chi connectivity index (χ1) is 13.7. The van der Waals surface area contributed by atoms with E-state index >= 15 is 0 Å². The van der Waals surface area contributed by atoms with Crippen LogP contribution in [-0.2, 0) is 32.0 Å². The van der Waals surface area contributed by atoms with E-state index in [1.807, 2.05) is 18.7 Å². The number of amides is 1. The van der Waals surface area contributed by atoms with Crippen LogP contribution >= 0.6 is 11.3 Å². The first kappa shape index (κ1) is 24.6. The number of rotatable bonds is 7. The molecule has 0 saturated heterocycles. The van der Waals surface area contributed by atoms with Crippen molar-refractivity contribution in [2.45, 2.75) is 46.5 Å². The zero-order valence-electron chi connectivity index (χ0n) is 16.9. The monoisotopic (exact) mass is 428 g/mol. The number of carbonyl (C=O) groups excluding carboxylic acids is 2. The van der Waals surface area contributed by atoms with Crippen molar-refractivity contribution >= 4 is 40.2 Å². The standard InChI is InChI=1S/C17H26N2O3S.C2H2O4/c1-4-19(5-2)11-14(20)18-16-15(17(21)22-6-3)12-9-7-8-10-13(12)23-16;3-1(4)2(5)6/h4-11H2,1-3H3,(H,18,20);(H,3,4)(H,5,6). The number of nitrogens with one attached hydrogen (secondary N) is 1. The number of ether oxygens (including phenoxy) is 1. The van der Waals surface area contributed by atoms with Crippen LogP contribution in [0.5, 0.6) is 0 Å². The van der Waals surface area contributed by atoms with Gasteiger partial charge in [-0.05, 0) is 51.3 Å². The molecule has 1 aromatic rings.